The van der Waals surface area contributed by atoms with Gasteiger partial charge in [-0.25, -0.2) is 9.97 Å². The molecule has 2 atom stereocenters. The van der Waals surface area contributed by atoms with Gasteiger partial charge in [0.05, 0.1) is 28.3 Å². The molecule has 0 N–H and O–H groups in total. The maximum absolute atomic E-state index is 6.74. The number of furan rings is 1. The Morgan fingerprint density at radius 1 is 0.727 bits per heavy atom. The second-order valence-corrected chi connectivity index (χ2v) is 16.6. The highest BCUT2D eigenvalue weighted by Crippen LogP contribution is 2.34. The number of likely N-dealkylation sites (tertiary alicyclic amines) is 2. The van der Waals surface area contributed by atoms with Crippen LogP contribution < -0.4 is 0 Å². The summed E-state index contributed by atoms with van der Waals surface area (Å²) in [5.41, 5.74) is 9.43. The van der Waals surface area contributed by atoms with E-state index in [0.717, 1.165) is 115 Å². The fourth-order valence-corrected chi connectivity index (χ4v) is 9.32. The monoisotopic (exact) mass is 770 g/mol. The van der Waals surface area contributed by atoms with E-state index in [1.165, 1.54) is 47.2 Å². The third-order valence-corrected chi connectivity index (χ3v) is 12.4. The standard InChI is InChI=1S/C46H48Cl2N6O/c1-51-23-20-33(28-51)12-19-46-50-41-26-34(44-8-5-25-55-44)14-18-43(41)54(46)31-35-13-17-38(48)27-39(35)36-21-24-52(30-36)22-4-9-45-49-40-6-2-3-7-42(40)53(45)29-32-10-15-37(47)16-11-32/h2-3,5-8,10-11,13-18,25-27,33,36H,4,9,12,19-24,28-31H2,1H3. The Bertz CT molecular complexity index is 2400. The molecule has 4 aromatic carbocycles. The molecule has 0 amide bonds. The summed E-state index contributed by atoms with van der Waals surface area (Å²) in [6, 6.07) is 33.7. The average Bonchev–Trinajstić information content (AvgIpc) is 4.05. The molecule has 0 saturated carbocycles. The van der Waals surface area contributed by atoms with Gasteiger partial charge in [0.15, 0.2) is 0 Å². The van der Waals surface area contributed by atoms with Crippen molar-refractivity contribution in [2.75, 3.05) is 39.8 Å². The Balaban J connectivity index is 0.916. The Labute approximate surface area is 333 Å². The quantitative estimate of drug-likeness (QED) is 0.117. The second kappa shape index (κ2) is 16.0. The highest BCUT2D eigenvalue weighted by Gasteiger charge is 2.27. The van der Waals surface area contributed by atoms with Crippen molar-refractivity contribution in [2.45, 2.75) is 57.5 Å². The summed E-state index contributed by atoms with van der Waals surface area (Å²) < 4.78 is 10.6. The molecule has 0 spiro atoms. The molecule has 0 aliphatic carbocycles. The number of imidazole rings is 2. The van der Waals surface area contributed by atoms with E-state index in [1.807, 2.05) is 24.3 Å². The van der Waals surface area contributed by atoms with Gasteiger partial charge in [0.1, 0.15) is 17.4 Å². The van der Waals surface area contributed by atoms with Crippen LogP contribution in [0.1, 0.15) is 59.9 Å². The lowest BCUT2D eigenvalue weighted by atomic mass is 9.93. The lowest BCUT2D eigenvalue weighted by molar-refractivity contribution is 0.328. The zero-order valence-corrected chi connectivity index (χ0v) is 33.0. The third-order valence-electron chi connectivity index (χ3n) is 11.9. The molecule has 9 rings (SSSR count). The van der Waals surface area contributed by atoms with E-state index in [0.29, 0.717) is 5.92 Å². The van der Waals surface area contributed by atoms with Crippen molar-refractivity contribution in [3.8, 4) is 11.3 Å². The number of halogens is 2. The summed E-state index contributed by atoms with van der Waals surface area (Å²) in [6.07, 6.45) is 8.24. The van der Waals surface area contributed by atoms with Crippen LogP contribution in [0.5, 0.6) is 0 Å². The molecule has 5 heterocycles. The van der Waals surface area contributed by atoms with Crippen LogP contribution in [0.25, 0.3) is 33.4 Å². The third kappa shape index (κ3) is 7.99. The largest absolute Gasteiger partial charge is 0.464 e. The molecule has 0 bridgehead atoms. The van der Waals surface area contributed by atoms with Gasteiger partial charge in [-0.1, -0.05) is 53.5 Å². The van der Waals surface area contributed by atoms with E-state index in [1.54, 1.807) is 6.26 Å². The van der Waals surface area contributed by atoms with Gasteiger partial charge in [-0.3, -0.25) is 0 Å². The first-order valence-corrected chi connectivity index (χ1v) is 20.6. The van der Waals surface area contributed by atoms with E-state index in [-0.39, 0.29) is 0 Å². The lowest BCUT2D eigenvalue weighted by Crippen LogP contribution is -2.22. The SMILES string of the molecule is CN1CCC(CCc2nc3cc(-c4ccco4)ccc3n2Cc2ccc(Cl)cc2C2CCN(CCCc3nc4ccccc4n3Cc3ccc(Cl)cc3)C2)C1. The van der Waals surface area contributed by atoms with Gasteiger partial charge in [-0.2, -0.15) is 0 Å². The van der Waals surface area contributed by atoms with Gasteiger partial charge < -0.3 is 23.4 Å². The van der Waals surface area contributed by atoms with Crippen LogP contribution in [0.2, 0.25) is 10.0 Å². The van der Waals surface area contributed by atoms with Crippen molar-refractivity contribution in [2.24, 2.45) is 5.92 Å². The van der Waals surface area contributed by atoms with E-state index >= 15 is 0 Å². The maximum Gasteiger partial charge on any atom is 0.133 e. The number of aryl methyl sites for hydroxylation is 2. The van der Waals surface area contributed by atoms with Gasteiger partial charge >= 0.3 is 0 Å². The van der Waals surface area contributed by atoms with Crippen LogP contribution in [-0.4, -0.2) is 68.7 Å². The first-order valence-electron chi connectivity index (χ1n) is 19.8. The molecule has 7 aromatic rings. The summed E-state index contributed by atoms with van der Waals surface area (Å²) in [5, 5.41) is 1.57. The van der Waals surface area contributed by atoms with Crippen LogP contribution in [0.4, 0.5) is 0 Å². The minimum absolute atomic E-state index is 0.431. The molecule has 282 valence electrons. The molecule has 2 saturated heterocycles. The van der Waals surface area contributed by atoms with Crippen molar-refractivity contribution in [3.05, 3.63) is 142 Å². The molecule has 55 heavy (non-hydrogen) atoms. The molecule has 7 nitrogen and oxygen atoms in total. The predicted octanol–water partition coefficient (Wildman–Crippen LogP) is 10.4. The van der Waals surface area contributed by atoms with Crippen LogP contribution in [-0.2, 0) is 25.9 Å². The fraction of sp³-hybridized carbons (Fsp3) is 0.348. The number of rotatable bonds is 13. The molecule has 3 aromatic heterocycles. The maximum atomic E-state index is 6.74. The molecular weight excluding hydrogens is 723 g/mol. The first-order chi connectivity index (χ1) is 26.9. The van der Waals surface area contributed by atoms with Gasteiger partial charge in [0.25, 0.3) is 0 Å². The van der Waals surface area contributed by atoms with Crippen LogP contribution in [0.15, 0.2) is 108 Å². The highest BCUT2D eigenvalue weighted by atomic mass is 35.5. The van der Waals surface area contributed by atoms with Crippen molar-refractivity contribution in [1.82, 2.24) is 28.9 Å². The number of aromatic nitrogens is 4. The number of benzene rings is 4. The van der Waals surface area contributed by atoms with Crippen LogP contribution >= 0.6 is 23.2 Å². The summed E-state index contributed by atoms with van der Waals surface area (Å²) in [6.45, 7) is 7.09. The molecule has 9 heteroatoms. The molecule has 2 aliphatic rings. The summed E-state index contributed by atoms with van der Waals surface area (Å²) >= 11 is 12.9. The molecule has 2 unspecified atom stereocenters. The highest BCUT2D eigenvalue weighted by molar-refractivity contribution is 6.30. The zero-order chi connectivity index (χ0) is 37.3. The topological polar surface area (TPSA) is 55.3 Å². The summed E-state index contributed by atoms with van der Waals surface area (Å²) in [5.74, 6) is 4.33. The van der Waals surface area contributed by atoms with Crippen molar-refractivity contribution < 1.29 is 4.42 Å². The minimum atomic E-state index is 0.431. The predicted molar refractivity (Wildman–Crippen MR) is 224 cm³/mol. The molecule has 2 fully saturated rings. The van der Waals surface area contributed by atoms with E-state index in [9.17, 15) is 0 Å². The van der Waals surface area contributed by atoms with Crippen molar-refractivity contribution in [3.63, 3.8) is 0 Å². The first kappa shape index (κ1) is 36.3. The summed E-state index contributed by atoms with van der Waals surface area (Å²) in [7, 11) is 2.24. The Morgan fingerprint density at radius 2 is 1.53 bits per heavy atom. The number of hydrogen-bond donors (Lipinski definition) is 0. The number of hydrogen-bond acceptors (Lipinski definition) is 5. The average molecular weight is 772 g/mol. The fourth-order valence-electron chi connectivity index (χ4n) is 9.01. The van der Waals surface area contributed by atoms with Gasteiger partial charge in [-0.15, -0.1) is 0 Å². The van der Waals surface area contributed by atoms with Crippen LogP contribution in [0, 0.1) is 5.92 Å². The second-order valence-electron chi connectivity index (χ2n) is 15.7. The smallest absolute Gasteiger partial charge is 0.133 e. The van der Waals surface area contributed by atoms with E-state index in [2.05, 4.69) is 98.8 Å². The molecular formula is C46H48Cl2N6O. The van der Waals surface area contributed by atoms with E-state index in [4.69, 9.17) is 37.6 Å². The Morgan fingerprint density at radius 3 is 2.36 bits per heavy atom. The zero-order valence-electron chi connectivity index (χ0n) is 31.5. The minimum Gasteiger partial charge on any atom is -0.464 e. The molecule has 0 radical (unpaired) electrons. The Hall–Kier alpha value is -4.40. The van der Waals surface area contributed by atoms with Crippen molar-refractivity contribution >= 4 is 45.3 Å². The normalized spacial score (nSPS) is 18.0. The van der Waals surface area contributed by atoms with Gasteiger partial charge in [0, 0.05) is 54.6 Å². The van der Waals surface area contributed by atoms with Crippen LogP contribution in [0.3, 0.4) is 0 Å². The lowest BCUT2D eigenvalue weighted by Gasteiger charge is -2.20. The summed E-state index contributed by atoms with van der Waals surface area (Å²) in [4.78, 5) is 15.5. The molecule has 2 aliphatic heterocycles. The van der Waals surface area contributed by atoms with Gasteiger partial charge in [-0.05, 0) is 148 Å². The van der Waals surface area contributed by atoms with E-state index < -0.39 is 0 Å². The number of para-hydroxylation sites is 2. The van der Waals surface area contributed by atoms with Crippen molar-refractivity contribution in [1.29, 1.82) is 0 Å². The van der Waals surface area contributed by atoms with Gasteiger partial charge in [0.2, 0.25) is 0 Å². The number of fused-ring (bicyclic) bond motifs is 2. The number of nitrogens with zero attached hydrogens (tertiary/aromatic N) is 6. The Kier molecular flexibility index (Phi) is 10.5.